The van der Waals surface area contributed by atoms with Crippen molar-refractivity contribution in [1.82, 2.24) is 0 Å². The molecule has 6 nitrogen and oxygen atoms in total. The molecule has 13 atom stereocenters. The van der Waals surface area contributed by atoms with E-state index in [0.29, 0.717) is 24.7 Å². The summed E-state index contributed by atoms with van der Waals surface area (Å²) >= 11 is 0. The van der Waals surface area contributed by atoms with E-state index in [1.54, 1.807) is 0 Å². The minimum atomic E-state index is -1.23. The highest BCUT2D eigenvalue weighted by Gasteiger charge is 2.72. The summed E-state index contributed by atoms with van der Waals surface area (Å²) in [5.74, 6) is 0.398. The van der Waals surface area contributed by atoms with E-state index in [0.717, 1.165) is 38.5 Å². The average Bonchev–Trinajstić information content (AvgIpc) is 2.97. The van der Waals surface area contributed by atoms with E-state index in [-0.39, 0.29) is 42.1 Å². The van der Waals surface area contributed by atoms with Gasteiger partial charge in [0, 0.05) is 18.9 Å². The van der Waals surface area contributed by atoms with Gasteiger partial charge in [0.25, 0.3) is 0 Å². The number of hydrogen-bond acceptors (Lipinski definition) is 6. The first-order valence-corrected chi connectivity index (χ1v) is 14.4. The Hall–Kier alpha value is -0.240. The first-order valence-electron chi connectivity index (χ1n) is 14.4. The second-order valence-electron chi connectivity index (χ2n) is 14.0. The molecule has 0 aromatic heterocycles. The molecule has 4 rings (SSSR count). The second kappa shape index (κ2) is 9.81. The summed E-state index contributed by atoms with van der Waals surface area (Å²) in [7, 11) is 0. The summed E-state index contributed by atoms with van der Waals surface area (Å²) in [5.41, 5.74) is -1.92. The standard InChI is InChI=1S/C29H52O6/c1-16(2)18(10-13-30)7-6-17(3)23-24(33)25(34)26-28(23,5)12-9-22-27(4)11-8-19(31)14-20(27)21(32)15-29(22,26)35/h16-26,30-35H,6-15H2,1-5H3/t17-,18+,19+,20-,21+,22-,23+,24-,25-,26-,27+,28-,29+/m1/s1. The summed E-state index contributed by atoms with van der Waals surface area (Å²) in [6.07, 6.45) is 3.56. The largest absolute Gasteiger partial charge is 0.396 e. The molecule has 6 N–H and O–H groups in total. The van der Waals surface area contributed by atoms with Crippen molar-refractivity contribution in [2.75, 3.05) is 6.61 Å². The minimum Gasteiger partial charge on any atom is -0.396 e. The average molecular weight is 497 g/mol. The molecule has 0 heterocycles. The van der Waals surface area contributed by atoms with Crippen molar-refractivity contribution in [3.05, 3.63) is 0 Å². The van der Waals surface area contributed by atoms with Gasteiger partial charge in [0.2, 0.25) is 0 Å². The summed E-state index contributed by atoms with van der Waals surface area (Å²) in [6.45, 7) is 11.1. The van der Waals surface area contributed by atoms with Crippen LogP contribution in [0.25, 0.3) is 0 Å². The highest BCUT2D eigenvalue weighted by molar-refractivity contribution is 5.21. The van der Waals surface area contributed by atoms with Crippen LogP contribution in [-0.2, 0) is 0 Å². The van der Waals surface area contributed by atoms with Gasteiger partial charge in [0.05, 0.1) is 30.0 Å². The van der Waals surface area contributed by atoms with Crippen molar-refractivity contribution in [2.45, 2.75) is 122 Å². The van der Waals surface area contributed by atoms with Gasteiger partial charge in [0.1, 0.15) is 0 Å². The van der Waals surface area contributed by atoms with Gasteiger partial charge in [-0.05, 0) is 91.3 Å². The topological polar surface area (TPSA) is 121 Å². The Kier molecular flexibility index (Phi) is 7.79. The lowest BCUT2D eigenvalue weighted by Gasteiger charge is -2.65. The zero-order chi connectivity index (χ0) is 25.9. The Bertz CT molecular complexity index is 745. The number of aliphatic hydroxyl groups excluding tert-OH is 5. The van der Waals surface area contributed by atoms with Crippen molar-refractivity contribution in [2.24, 2.45) is 52.3 Å². The third-order valence-electron chi connectivity index (χ3n) is 11.9. The highest BCUT2D eigenvalue weighted by atomic mass is 16.3. The first kappa shape index (κ1) is 27.8. The van der Waals surface area contributed by atoms with Crippen LogP contribution in [0.2, 0.25) is 0 Å². The number of rotatable bonds is 7. The minimum absolute atomic E-state index is 0.0430. The van der Waals surface area contributed by atoms with E-state index in [4.69, 9.17) is 0 Å². The van der Waals surface area contributed by atoms with Gasteiger partial charge in [-0.15, -0.1) is 0 Å². The van der Waals surface area contributed by atoms with Crippen molar-refractivity contribution in [3.8, 4) is 0 Å². The van der Waals surface area contributed by atoms with Crippen LogP contribution in [0.4, 0.5) is 0 Å². The van der Waals surface area contributed by atoms with Crippen LogP contribution in [-0.4, -0.2) is 67.3 Å². The molecule has 0 aromatic rings. The quantitative estimate of drug-likeness (QED) is 0.322. The number of fused-ring (bicyclic) bond motifs is 5. The fourth-order valence-corrected chi connectivity index (χ4v) is 10.1. The smallest absolute Gasteiger partial charge is 0.0863 e. The molecule has 0 aliphatic heterocycles. The van der Waals surface area contributed by atoms with Gasteiger partial charge in [0.15, 0.2) is 0 Å². The third-order valence-corrected chi connectivity index (χ3v) is 11.9. The fraction of sp³-hybridized carbons (Fsp3) is 1.00. The van der Waals surface area contributed by atoms with Crippen LogP contribution in [0, 0.1) is 52.3 Å². The molecule has 4 aliphatic carbocycles. The lowest BCUT2D eigenvalue weighted by molar-refractivity contribution is -0.264. The van der Waals surface area contributed by atoms with E-state index in [2.05, 4.69) is 34.6 Å². The van der Waals surface area contributed by atoms with Crippen LogP contribution in [0.5, 0.6) is 0 Å². The van der Waals surface area contributed by atoms with Crippen molar-refractivity contribution in [1.29, 1.82) is 0 Å². The van der Waals surface area contributed by atoms with Crippen molar-refractivity contribution < 1.29 is 30.6 Å². The van der Waals surface area contributed by atoms with Gasteiger partial charge in [-0.3, -0.25) is 0 Å². The van der Waals surface area contributed by atoms with E-state index < -0.39 is 41.3 Å². The molecule has 0 saturated heterocycles. The SMILES string of the molecule is CC(C)[C@H](CCO)CC[C@@H](C)[C@H]1[C@@H](O)[C@@H](O)[C@@H]2[C@]1(C)CC[C@@H]1[C@@]3(C)CC[C@H](O)C[C@@H]3[C@@H](O)C[C@]12O. The maximum Gasteiger partial charge on any atom is 0.0863 e. The van der Waals surface area contributed by atoms with Gasteiger partial charge < -0.3 is 30.6 Å². The Balaban J connectivity index is 1.60. The van der Waals surface area contributed by atoms with Crippen LogP contribution >= 0.6 is 0 Å². The molecule has 0 amide bonds. The van der Waals surface area contributed by atoms with Crippen molar-refractivity contribution >= 4 is 0 Å². The van der Waals surface area contributed by atoms with Crippen LogP contribution in [0.15, 0.2) is 0 Å². The molecule has 0 spiro atoms. The zero-order valence-corrected chi connectivity index (χ0v) is 22.6. The predicted octanol–water partition coefficient (Wildman–Crippen LogP) is 3.10. The van der Waals surface area contributed by atoms with Crippen LogP contribution in [0.1, 0.15) is 92.4 Å². The summed E-state index contributed by atoms with van der Waals surface area (Å²) in [4.78, 5) is 0. The molecule has 204 valence electrons. The van der Waals surface area contributed by atoms with Gasteiger partial charge >= 0.3 is 0 Å². The number of aliphatic hydroxyl groups is 6. The molecule has 35 heavy (non-hydrogen) atoms. The molecule has 0 aromatic carbocycles. The Labute approximate surface area is 212 Å². The zero-order valence-electron chi connectivity index (χ0n) is 22.6. The van der Waals surface area contributed by atoms with Crippen LogP contribution < -0.4 is 0 Å². The van der Waals surface area contributed by atoms with E-state index >= 15 is 0 Å². The molecule has 0 bridgehead atoms. The van der Waals surface area contributed by atoms with E-state index in [9.17, 15) is 30.6 Å². The molecule has 4 fully saturated rings. The van der Waals surface area contributed by atoms with Gasteiger partial charge in [-0.2, -0.15) is 0 Å². The lowest BCUT2D eigenvalue weighted by Crippen LogP contribution is -2.68. The van der Waals surface area contributed by atoms with E-state index in [1.165, 1.54) is 0 Å². The molecule has 0 radical (unpaired) electrons. The van der Waals surface area contributed by atoms with E-state index in [1.807, 2.05) is 0 Å². The lowest BCUT2D eigenvalue weighted by atomic mass is 9.42. The van der Waals surface area contributed by atoms with Gasteiger partial charge in [-0.1, -0.05) is 41.0 Å². The molecule has 6 heteroatoms. The first-order chi connectivity index (χ1) is 16.3. The molecular formula is C29H52O6. The summed E-state index contributed by atoms with van der Waals surface area (Å²) in [5, 5.41) is 66.3. The molecule has 4 saturated carbocycles. The second-order valence-corrected chi connectivity index (χ2v) is 14.0. The van der Waals surface area contributed by atoms with Gasteiger partial charge in [-0.25, -0.2) is 0 Å². The monoisotopic (exact) mass is 496 g/mol. The Morgan fingerprint density at radius 3 is 2.14 bits per heavy atom. The highest BCUT2D eigenvalue weighted by Crippen LogP contribution is 2.69. The summed E-state index contributed by atoms with van der Waals surface area (Å²) in [6, 6.07) is 0. The van der Waals surface area contributed by atoms with Crippen LogP contribution in [0.3, 0.4) is 0 Å². The maximum atomic E-state index is 12.4. The fourth-order valence-electron chi connectivity index (χ4n) is 10.1. The Morgan fingerprint density at radius 2 is 1.51 bits per heavy atom. The third kappa shape index (κ3) is 4.32. The predicted molar refractivity (Wildman–Crippen MR) is 135 cm³/mol. The Morgan fingerprint density at radius 1 is 0.857 bits per heavy atom. The summed E-state index contributed by atoms with van der Waals surface area (Å²) < 4.78 is 0. The number of hydrogen-bond donors (Lipinski definition) is 6. The normalized spacial score (nSPS) is 51.4. The molecular weight excluding hydrogens is 444 g/mol. The van der Waals surface area contributed by atoms with Crippen molar-refractivity contribution in [3.63, 3.8) is 0 Å². The molecule has 0 unspecified atom stereocenters. The maximum absolute atomic E-state index is 12.4. The molecule has 4 aliphatic rings.